The van der Waals surface area contributed by atoms with Crippen molar-refractivity contribution in [3.05, 3.63) is 65.2 Å². The summed E-state index contributed by atoms with van der Waals surface area (Å²) in [6, 6.07) is 16.2. The van der Waals surface area contributed by atoms with Crippen LogP contribution in [-0.4, -0.2) is 12.4 Å². The number of rotatable bonds is 8. The highest BCUT2D eigenvalue weighted by Gasteiger charge is 2.09. The van der Waals surface area contributed by atoms with E-state index in [-0.39, 0.29) is 0 Å². The van der Waals surface area contributed by atoms with Crippen molar-refractivity contribution in [3.63, 3.8) is 0 Å². The van der Waals surface area contributed by atoms with Gasteiger partial charge in [-0.1, -0.05) is 37.8 Å². The SMILES string of the molecule is CCCC(=O)CC(C)Cc1ccc(C#Cc2ccc(OCC)cc2)cc1. The van der Waals surface area contributed by atoms with Gasteiger partial charge in [0.2, 0.25) is 0 Å². The van der Waals surface area contributed by atoms with Crippen molar-refractivity contribution in [2.75, 3.05) is 6.61 Å². The van der Waals surface area contributed by atoms with Crippen molar-refractivity contribution in [3.8, 4) is 17.6 Å². The van der Waals surface area contributed by atoms with Crippen molar-refractivity contribution < 1.29 is 9.53 Å². The largest absolute Gasteiger partial charge is 0.494 e. The van der Waals surface area contributed by atoms with E-state index in [4.69, 9.17) is 4.74 Å². The molecule has 0 bridgehead atoms. The second-order valence-corrected chi connectivity index (χ2v) is 6.71. The third-order valence-corrected chi connectivity index (χ3v) is 4.16. The van der Waals surface area contributed by atoms with E-state index in [2.05, 4.69) is 50.0 Å². The van der Waals surface area contributed by atoms with Crippen LogP contribution in [0.4, 0.5) is 0 Å². The van der Waals surface area contributed by atoms with E-state index in [0.717, 1.165) is 29.7 Å². The summed E-state index contributed by atoms with van der Waals surface area (Å²) >= 11 is 0. The molecule has 2 heteroatoms. The molecular formula is C24H28O2. The van der Waals surface area contributed by atoms with Crippen molar-refractivity contribution >= 4 is 5.78 Å². The molecule has 1 atom stereocenters. The highest BCUT2D eigenvalue weighted by Crippen LogP contribution is 2.15. The molecule has 2 nitrogen and oxygen atoms in total. The fraction of sp³-hybridized carbons (Fsp3) is 0.375. The van der Waals surface area contributed by atoms with Gasteiger partial charge in [-0.05, 0) is 67.6 Å². The van der Waals surface area contributed by atoms with Crippen molar-refractivity contribution in [1.82, 2.24) is 0 Å². The van der Waals surface area contributed by atoms with Gasteiger partial charge in [-0.3, -0.25) is 4.79 Å². The van der Waals surface area contributed by atoms with Gasteiger partial charge in [-0.2, -0.15) is 0 Å². The minimum Gasteiger partial charge on any atom is -0.494 e. The Labute approximate surface area is 157 Å². The number of hydrogen-bond acceptors (Lipinski definition) is 2. The number of Topliss-reactive ketones (excluding diaryl/α,β-unsaturated/α-hetero) is 1. The molecule has 2 rings (SSSR count). The first-order chi connectivity index (χ1) is 12.6. The Morgan fingerprint density at radius 3 is 2.08 bits per heavy atom. The lowest BCUT2D eigenvalue weighted by molar-refractivity contribution is -0.119. The molecule has 2 aromatic carbocycles. The van der Waals surface area contributed by atoms with E-state index in [1.165, 1.54) is 5.56 Å². The van der Waals surface area contributed by atoms with Gasteiger partial charge in [-0.15, -0.1) is 0 Å². The summed E-state index contributed by atoms with van der Waals surface area (Å²) in [5.41, 5.74) is 3.23. The second kappa shape index (κ2) is 10.5. The molecule has 0 saturated carbocycles. The zero-order valence-corrected chi connectivity index (χ0v) is 16.0. The molecule has 0 saturated heterocycles. The Bertz CT molecular complexity index is 746. The zero-order chi connectivity index (χ0) is 18.8. The number of benzene rings is 2. The topological polar surface area (TPSA) is 26.3 Å². The van der Waals surface area contributed by atoms with Crippen LogP contribution >= 0.6 is 0 Å². The smallest absolute Gasteiger partial charge is 0.133 e. The van der Waals surface area contributed by atoms with Crippen molar-refractivity contribution in [2.24, 2.45) is 5.92 Å². The van der Waals surface area contributed by atoms with E-state index in [9.17, 15) is 4.79 Å². The Morgan fingerprint density at radius 1 is 0.962 bits per heavy atom. The van der Waals surface area contributed by atoms with Gasteiger partial charge >= 0.3 is 0 Å². The van der Waals surface area contributed by atoms with Gasteiger partial charge in [0, 0.05) is 24.0 Å². The predicted molar refractivity (Wildman–Crippen MR) is 107 cm³/mol. The minimum absolute atomic E-state index is 0.373. The zero-order valence-electron chi connectivity index (χ0n) is 16.0. The molecule has 0 amide bonds. The molecule has 0 spiro atoms. The van der Waals surface area contributed by atoms with Crippen LogP contribution in [0.5, 0.6) is 5.75 Å². The molecule has 136 valence electrons. The van der Waals surface area contributed by atoms with E-state index in [1.54, 1.807) is 0 Å². The lowest BCUT2D eigenvalue weighted by Gasteiger charge is -2.10. The number of carbonyl (C=O) groups excluding carboxylic acids is 1. The molecule has 0 aliphatic rings. The molecule has 0 fully saturated rings. The highest BCUT2D eigenvalue weighted by molar-refractivity contribution is 5.78. The first kappa shape index (κ1) is 19.8. The lowest BCUT2D eigenvalue weighted by atomic mass is 9.94. The third kappa shape index (κ3) is 6.76. The van der Waals surface area contributed by atoms with Crippen LogP contribution in [0.1, 0.15) is 56.7 Å². The van der Waals surface area contributed by atoms with Crippen LogP contribution in [0, 0.1) is 17.8 Å². The molecular weight excluding hydrogens is 320 g/mol. The van der Waals surface area contributed by atoms with Gasteiger partial charge in [0.25, 0.3) is 0 Å². The maximum Gasteiger partial charge on any atom is 0.133 e. The number of carbonyl (C=O) groups is 1. The Hall–Kier alpha value is -2.53. The molecule has 0 aliphatic heterocycles. The third-order valence-electron chi connectivity index (χ3n) is 4.16. The average molecular weight is 348 g/mol. The van der Waals surface area contributed by atoms with Crippen LogP contribution in [0.2, 0.25) is 0 Å². The van der Waals surface area contributed by atoms with E-state index in [1.807, 2.05) is 31.2 Å². The summed E-state index contributed by atoms with van der Waals surface area (Å²) in [7, 11) is 0. The monoisotopic (exact) mass is 348 g/mol. The summed E-state index contributed by atoms with van der Waals surface area (Å²) in [5.74, 6) is 8.00. The summed E-state index contributed by atoms with van der Waals surface area (Å²) in [4.78, 5) is 11.7. The highest BCUT2D eigenvalue weighted by atomic mass is 16.5. The van der Waals surface area contributed by atoms with Crippen LogP contribution < -0.4 is 4.74 Å². The van der Waals surface area contributed by atoms with E-state index >= 15 is 0 Å². The first-order valence-electron chi connectivity index (χ1n) is 9.46. The van der Waals surface area contributed by atoms with Gasteiger partial charge < -0.3 is 4.74 Å². The van der Waals surface area contributed by atoms with Gasteiger partial charge in [-0.25, -0.2) is 0 Å². The van der Waals surface area contributed by atoms with Gasteiger partial charge in [0.05, 0.1) is 6.61 Å². The van der Waals surface area contributed by atoms with E-state index < -0.39 is 0 Å². The summed E-state index contributed by atoms with van der Waals surface area (Å²) in [6.45, 7) is 6.84. The fourth-order valence-corrected chi connectivity index (χ4v) is 2.91. The second-order valence-electron chi connectivity index (χ2n) is 6.71. The first-order valence-corrected chi connectivity index (χ1v) is 9.46. The van der Waals surface area contributed by atoms with Crippen LogP contribution in [0.15, 0.2) is 48.5 Å². The Kier molecular flexibility index (Phi) is 7.96. The molecule has 0 heterocycles. The molecule has 26 heavy (non-hydrogen) atoms. The van der Waals surface area contributed by atoms with Gasteiger partial charge in [0.1, 0.15) is 11.5 Å². The lowest BCUT2D eigenvalue weighted by Crippen LogP contribution is -2.07. The molecule has 0 aromatic heterocycles. The van der Waals surface area contributed by atoms with Crippen LogP contribution in [0.3, 0.4) is 0 Å². The van der Waals surface area contributed by atoms with Crippen molar-refractivity contribution in [1.29, 1.82) is 0 Å². The number of hydrogen-bond donors (Lipinski definition) is 0. The van der Waals surface area contributed by atoms with E-state index in [0.29, 0.717) is 31.1 Å². The Morgan fingerprint density at radius 2 is 1.54 bits per heavy atom. The molecule has 1 unspecified atom stereocenters. The summed E-state index contributed by atoms with van der Waals surface area (Å²) in [5, 5.41) is 0. The summed E-state index contributed by atoms with van der Waals surface area (Å²) < 4.78 is 5.44. The summed E-state index contributed by atoms with van der Waals surface area (Å²) in [6.07, 6.45) is 3.24. The Balaban J connectivity index is 1.92. The number of ketones is 1. The maximum atomic E-state index is 11.7. The molecule has 0 radical (unpaired) electrons. The maximum absolute atomic E-state index is 11.7. The molecule has 0 N–H and O–H groups in total. The standard InChI is InChI=1S/C24H28O2/c1-4-6-23(25)18-19(3)17-22-11-9-20(10-12-22)7-8-21-13-15-24(16-14-21)26-5-2/h9-16,19H,4-6,17-18H2,1-3H3. The van der Waals surface area contributed by atoms with Gasteiger partial charge in [0.15, 0.2) is 0 Å². The molecule has 2 aromatic rings. The normalized spacial score (nSPS) is 11.3. The fourth-order valence-electron chi connectivity index (χ4n) is 2.91. The van der Waals surface area contributed by atoms with Crippen molar-refractivity contribution in [2.45, 2.75) is 46.5 Å². The predicted octanol–water partition coefficient (Wildman–Crippen LogP) is 5.42. The quantitative estimate of drug-likeness (QED) is 0.595. The average Bonchev–Trinajstić information content (AvgIpc) is 2.62. The van der Waals surface area contributed by atoms with Crippen LogP contribution in [-0.2, 0) is 11.2 Å². The van der Waals surface area contributed by atoms with Crippen LogP contribution in [0.25, 0.3) is 0 Å². The molecule has 0 aliphatic carbocycles. The minimum atomic E-state index is 0.373. The number of ether oxygens (including phenoxy) is 1.